The van der Waals surface area contributed by atoms with Gasteiger partial charge in [-0.1, -0.05) is 0 Å². The fourth-order valence-electron chi connectivity index (χ4n) is 1.43. The highest BCUT2D eigenvalue weighted by atomic mass is 32.2. The van der Waals surface area contributed by atoms with E-state index in [4.69, 9.17) is 15.2 Å². The van der Waals surface area contributed by atoms with Crippen LogP contribution in [0.15, 0.2) is 23.1 Å². The molecule has 0 aliphatic heterocycles. The Morgan fingerprint density at radius 1 is 1.35 bits per heavy atom. The number of nitrogen functional groups attached to an aromatic ring is 1. The van der Waals surface area contributed by atoms with Crippen molar-refractivity contribution in [3.63, 3.8) is 0 Å². The van der Waals surface area contributed by atoms with Crippen molar-refractivity contribution < 1.29 is 17.9 Å². The summed E-state index contributed by atoms with van der Waals surface area (Å²) >= 11 is 0. The summed E-state index contributed by atoms with van der Waals surface area (Å²) in [6, 6.07) is 4.37. The first-order valence-corrected chi connectivity index (χ1v) is 7.71. The lowest BCUT2D eigenvalue weighted by Gasteiger charge is -2.23. The average Bonchev–Trinajstić information content (AvgIpc) is 2.40. The van der Waals surface area contributed by atoms with Gasteiger partial charge in [0.05, 0.1) is 22.8 Å². The summed E-state index contributed by atoms with van der Waals surface area (Å²) in [6.45, 7) is 4.28. The zero-order valence-corrected chi connectivity index (χ0v) is 13.1. The maximum atomic E-state index is 11.7. The van der Waals surface area contributed by atoms with Crippen LogP contribution in [-0.4, -0.2) is 34.8 Å². The number of benzene rings is 1. The van der Waals surface area contributed by atoms with Gasteiger partial charge in [-0.05, 0) is 33.0 Å². The third-order valence-corrected chi connectivity index (χ3v) is 4.49. The van der Waals surface area contributed by atoms with E-state index in [0.717, 1.165) is 0 Å². The highest BCUT2D eigenvalue weighted by Gasteiger charge is 2.17. The standard InChI is InChI=1S/C13H22N2O4S/c1-13(2,18-4)7-8-19-12-9-10(5-6-11(12)14)20(16,17)15-3/h5-6,9,15H,7-8,14H2,1-4H3. The van der Waals surface area contributed by atoms with Crippen molar-refractivity contribution in [1.29, 1.82) is 0 Å². The largest absolute Gasteiger partial charge is 0.491 e. The summed E-state index contributed by atoms with van der Waals surface area (Å²) in [7, 11) is -0.518. The van der Waals surface area contributed by atoms with Crippen molar-refractivity contribution in [3.8, 4) is 5.75 Å². The lowest BCUT2D eigenvalue weighted by molar-refractivity contribution is 0.00549. The van der Waals surface area contributed by atoms with Gasteiger partial charge < -0.3 is 15.2 Å². The number of nitrogens with two attached hydrogens (primary N) is 1. The second kappa shape index (κ2) is 6.43. The molecule has 114 valence electrons. The van der Waals surface area contributed by atoms with Crippen LogP contribution >= 0.6 is 0 Å². The molecule has 0 amide bonds. The van der Waals surface area contributed by atoms with Crippen LogP contribution in [0.4, 0.5) is 5.69 Å². The van der Waals surface area contributed by atoms with E-state index in [9.17, 15) is 8.42 Å². The molecule has 0 aromatic heterocycles. The molecule has 3 N–H and O–H groups in total. The van der Waals surface area contributed by atoms with Crippen molar-refractivity contribution in [2.75, 3.05) is 26.5 Å². The Balaban J connectivity index is 2.83. The minimum Gasteiger partial charge on any atom is -0.491 e. The van der Waals surface area contributed by atoms with E-state index in [2.05, 4.69) is 4.72 Å². The van der Waals surface area contributed by atoms with Gasteiger partial charge in [0.25, 0.3) is 0 Å². The van der Waals surface area contributed by atoms with Crippen LogP contribution in [0.2, 0.25) is 0 Å². The second-order valence-electron chi connectivity index (χ2n) is 4.97. The Labute approximate surface area is 120 Å². The fourth-order valence-corrected chi connectivity index (χ4v) is 2.18. The number of sulfonamides is 1. The number of hydrogen-bond donors (Lipinski definition) is 2. The van der Waals surface area contributed by atoms with Crippen molar-refractivity contribution >= 4 is 15.7 Å². The van der Waals surface area contributed by atoms with E-state index in [1.165, 1.54) is 25.2 Å². The lowest BCUT2D eigenvalue weighted by atomic mass is 10.1. The molecule has 7 heteroatoms. The fraction of sp³-hybridized carbons (Fsp3) is 0.538. The first-order valence-electron chi connectivity index (χ1n) is 6.23. The normalized spacial score (nSPS) is 12.4. The number of methoxy groups -OCH3 is 1. The van der Waals surface area contributed by atoms with Gasteiger partial charge in [0.2, 0.25) is 10.0 Å². The van der Waals surface area contributed by atoms with Gasteiger partial charge >= 0.3 is 0 Å². The summed E-state index contributed by atoms with van der Waals surface area (Å²) in [5.41, 5.74) is 5.88. The molecular weight excluding hydrogens is 280 g/mol. The van der Waals surface area contributed by atoms with Gasteiger partial charge in [0.15, 0.2) is 0 Å². The van der Waals surface area contributed by atoms with Crippen LogP contribution in [0.3, 0.4) is 0 Å². The molecule has 6 nitrogen and oxygen atoms in total. The van der Waals surface area contributed by atoms with Gasteiger partial charge in [0.1, 0.15) is 5.75 Å². The maximum Gasteiger partial charge on any atom is 0.240 e. The molecule has 0 aliphatic carbocycles. The summed E-state index contributed by atoms with van der Waals surface area (Å²) in [4.78, 5) is 0.121. The van der Waals surface area contributed by atoms with Crippen molar-refractivity contribution in [1.82, 2.24) is 4.72 Å². The van der Waals surface area contributed by atoms with Gasteiger partial charge in [-0.2, -0.15) is 0 Å². The molecule has 0 saturated carbocycles. The number of ether oxygens (including phenoxy) is 2. The molecular formula is C13H22N2O4S. The van der Waals surface area contributed by atoms with Crippen molar-refractivity contribution in [3.05, 3.63) is 18.2 Å². The van der Waals surface area contributed by atoms with Crippen LogP contribution in [-0.2, 0) is 14.8 Å². The summed E-state index contributed by atoms with van der Waals surface area (Å²) in [6.07, 6.45) is 0.659. The van der Waals surface area contributed by atoms with Crippen LogP contribution in [0.25, 0.3) is 0 Å². The molecule has 1 aromatic rings. The van der Waals surface area contributed by atoms with E-state index >= 15 is 0 Å². The molecule has 1 rings (SSSR count). The summed E-state index contributed by atoms with van der Waals surface area (Å²) in [5.74, 6) is 0.355. The van der Waals surface area contributed by atoms with Gasteiger partial charge in [-0.15, -0.1) is 0 Å². The van der Waals surface area contributed by atoms with Crippen LogP contribution in [0.5, 0.6) is 5.75 Å². The van der Waals surface area contributed by atoms with Crippen LogP contribution < -0.4 is 15.2 Å². The zero-order chi connectivity index (χ0) is 15.4. The van der Waals surface area contributed by atoms with E-state index < -0.39 is 10.0 Å². The molecule has 0 heterocycles. The molecule has 0 bridgehead atoms. The summed E-state index contributed by atoms with van der Waals surface area (Å²) in [5, 5.41) is 0. The van der Waals surface area contributed by atoms with Crippen molar-refractivity contribution in [2.24, 2.45) is 0 Å². The smallest absolute Gasteiger partial charge is 0.240 e. The SMILES string of the molecule is CNS(=O)(=O)c1ccc(N)c(OCCC(C)(C)OC)c1. The molecule has 0 spiro atoms. The average molecular weight is 302 g/mol. The number of hydrogen-bond acceptors (Lipinski definition) is 5. The maximum absolute atomic E-state index is 11.7. The topological polar surface area (TPSA) is 90.7 Å². The van der Waals surface area contributed by atoms with E-state index in [-0.39, 0.29) is 10.5 Å². The quantitative estimate of drug-likeness (QED) is 0.742. The predicted molar refractivity (Wildman–Crippen MR) is 78.3 cm³/mol. The third-order valence-electron chi connectivity index (χ3n) is 3.08. The number of anilines is 1. The van der Waals surface area contributed by atoms with E-state index in [0.29, 0.717) is 24.5 Å². The minimum atomic E-state index is -3.51. The Morgan fingerprint density at radius 3 is 2.55 bits per heavy atom. The highest BCUT2D eigenvalue weighted by Crippen LogP contribution is 2.26. The Bertz CT molecular complexity index is 555. The molecule has 0 saturated heterocycles. The molecule has 0 fully saturated rings. The first kappa shape index (κ1) is 16.7. The highest BCUT2D eigenvalue weighted by molar-refractivity contribution is 7.89. The van der Waals surface area contributed by atoms with Crippen LogP contribution in [0, 0.1) is 0 Å². The molecule has 0 unspecified atom stereocenters. The molecule has 20 heavy (non-hydrogen) atoms. The second-order valence-corrected chi connectivity index (χ2v) is 6.86. The predicted octanol–water partition coefficient (Wildman–Crippen LogP) is 1.37. The van der Waals surface area contributed by atoms with Gasteiger partial charge in [-0.3, -0.25) is 0 Å². The summed E-state index contributed by atoms with van der Waals surface area (Å²) < 4.78 is 36.5. The Kier molecular flexibility index (Phi) is 5.38. The number of rotatable bonds is 7. The lowest BCUT2D eigenvalue weighted by Crippen LogP contribution is -2.25. The Hall–Kier alpha value is -1.31. The number of nitrogens with one attached hydrogen (secondary N) is 1. The van der Waals surface area contributed by atoms with E-state index in [1.54, 1.807) is 7.11 Å². The first-order chi connectivity index (χ1) is 9.22. The van der Waals surface area contributed by atoms with Gasteiger partial charge in [-0.25, -0.2) is 13.1 Å². The zero-order valence-electron chi connectivity index (χ0n) is 12.3. The molecule has 0 atom stereocenters. The molecule has 0 radical (unpaired) electrons. The van der Waals surface area contributed by atoms with Crippen molar-refractivity contribution in [2.45, 2.75) is 30.8 Å². The Morgan fingerprint density at radius 2 is 2.00 bits per heavy atom. The van der Waals surface area contributed by atoms with E-state index in [1.807, 2.05) is 13.8 Å². The third kappa shape index (κ3) is 4.36. The molecule has 0 aliphatic rings. The minimum absolute atomic E-state index is 0.121. The van der Waals surface area contributed by atoms with Crippen LogP contribution in [0.1, 0.15) is 20.3 Å². The molecule has 1 aromatic carbocycles. The monoisotopic (exact) mass is 302 g/mol. The van der Waals surface area contributed by atoms with Gasteiger partial charge in [0, 0.05) is 19.6 Å².